The SMILES string of the molecule is Cc1nc2cc(F)c(-c3ccc(P(C)(C)=O)nc3)cc2c(N[C@H](C)c2cc(C#N)ccc2F)c1Cl. The lowest BCUT2D eigenvalue weighted by molar-refractivity contribution is 0.587. The number of halogens is 3. The molecule has 0 fully saturated rings. The van der Waals surface area contributed by atoms with Crippen LogP contribution in [0.5, 0.6) is 0 Å². The molecule has 5 nitrogen and oxygen atoms in total. The molecule has 1 atom stereocenters. The molecule has 0 saturated carbocycles. The van der Waals surface area contributed by atoms with Crippen molar-refractivity contribution in [1.29, 1.82) is 5.26 Å². The number of nitrogens with zero attached hydrogens (tertiary/aromatic N) is 3. The Kier molecular flexibility index (Phi) is 6.64. The van der Waals surface area contributed by atoms with E-state index < -0.39 is 24.8 Å². The normalized spacial score (nSPS) is 12.4. The van der Waals surface area contributed by atoms with Crippen molar-refractivity contribution in [3.05, 3.63) is 82.1 Å². The van der Waals surface area contributed by atoms with Crippen molar-refractivity contribution in [3.8, 4) is 17.2 Å². The zero-order valence-corrected chi connectivity index (χ0v) is 21.2. The van der Waals surface area contributed by atoms with Gasteiger partial charge in [0.2, 0.25) is 0 Å². The number of hydrogen-bond acceptors (Lipinski definition) is 5. The Balaban J connectivity index is 1.84. The number of rotatable bonds is 5. The maximum Gasteiger partial charge on any atom is 0.133 e. The van der Waals surface area contributed by atoms with Crippen molar-refractivity contribution in [3.63, 3.8) is 0 Å². The highest BCUT2D eigenvalue weighted by molar-refractivity contribution is 7.69. The van der Waals surface area contributed by atoms with Gasteiger partial charge in [-0.3, -0.25) is 9.97 Å². The van der Waals surface area contributed by atoms with E-state index in [2.05, 4.69) is 15.3 Å². The van der Waals surface area contributed by atoms with Gasteiger partial charge in [0.25, 0.3) is 0 Å². The molecule has 4 aromatic rings. The summed E-state index contributed by atoms with van der Waals surface area (Å²) in [4.78, 5) is 8.68. The monoisotopic (exact) mass is 510 g/mol. The molecule has 4 rings (SSSR count). The fourth-order valence-corrected chi connectivity index (χ4v) is 4.82. The van der Waals surface area contributed by atoms with E-state index in [1.165, 1.54) is 30.5 Å². The van der Waals surface area contributed by atoms with Crippen LogP contribution in [0.4, 0.5) is 14.5 Å². The van der Waals surface area contributed by atoms with Gasteiger partial charge < -0.3 is 9.88 Å². The molecular weight excluding hydrogens is 489 g/mol. The van der Waals surface area contributed by atoms with Gasteiger partial charge in [-0.05, 0) is 57.5 Å². The van der Waals surface area contributed by atoms with Crippen LogP contribution in [0.25, 0.3) is 22.0 Å². The lowest BCUT2D eigenvalue weighted by atomic mass is 10.0. The Morgan fingerprint density at radius 1 is 1.11 bits per heavy atom. The number of nitrogens with one attached hydrogen (secondary N) is 1. The first kappa shape index (κ1) is 24.8. The van der Waals surface area contributed by atoms with E-state index in [-0.39, 0.29) is 5.56 Å². The van der Waals surface area contributed by atoms with Crippen LogP contribution in [0, 0.1) is 29.9 Å². The number of nitriles is 1. The van der Waals surface area contributed by atoms with E-state index in [0.717, 1.165) is 0 Å². The molecule has 0 radical (unpaired) electrons. The maximum atomic E-state index is 15.1. The molecule has 2 heterocycles. The lowest BCUT2D eigenvalue weighted by Crippen LogP contribution is -2.11. The Hall–Kier alpha value is -3.33. The summed E-state index contributed by atoms with van der Waals surface area (Å²) < 4.78 is 41.9. The molecule has 0 unspecified atom stereocenters. The van der Waals surface area contributed by atoms with Crippen LogP contribution >= 0.6 is 18.7 Å². The number of aromatic nitrogens is 2. The Morgan fingerprint density at radius 2 is 1.86 bits per heavy atom. The average Bonchev–Trinajstić information content (AvgIpc) is 2.81. The standard InChI is InChI=1S/C26H22ClF2N4OP/c1-14(18-9-16(12-30)5-7-21(18)28)33-26-20-10-19(17-6-8-24(31-13-17)35(3,4)34)22(29)11-23(20)32-15(2)25(26)27/h5-11,13-14H,1-4H3,(H,32,33)/t14-/m1/s1. The third kappa shape index (κ3) is 4.91. The van der Waals surface area contributed by atoms with Crippen molar-refractivity contribution >= 4 is 40.8 Å². The minimum absolute atomic E-state index is 0.272. The molecule has 0 bridgehead atoms. The van der Waals surface area contributed by atoms with Gasteiger partial charge in [-0.1, -0.05) is 17.7 Å². The highest BCUT2D eigenvalue weighted by atomic mass is 35.5. The van der Waals surface area contributed by atoms with E-state index >= 15 is 4.39 Å². The zero-order chi connectivity index (χ0) is 25.5. The first-order valence-electron chi connectivity index (χ1n) is 10.8. The minimum Gasteiger partial charge on any atom is -0.377 e. The highest BCUT2D eigenvalue weighted by Gasteiger charge is 2.20. The van der Waals surface area contributed by atoms with E-state index in [1.807, 2.05) is 6.07 Å². The van der Waals surface area contributed by atoms with Crippen LogP contribution in [0.15, 0.2) is 48.7 Å². The minimum atomic E-state index is -2.55. The van der Waals surface area contributed by atoms with Gasteiger partial charge in [0.1, 0.15) is 18.8 Å². The molecule has 178 valence electrons. The third-order valence-electron chi connectivity index (χ3n) is 5.74. The van der Waals surface area contributed by atoms with E-state index in [1.54, 1.807) is 45.4 Å². The summed E-state index contributed by atoms with van der Waals surface area (Å²) in [6.45, 7) is 6.70. The van der Waals surface area contributed by atoms with Gasteiger partial charge in [0.15, 0.2) is 0 Å². The molecule has 0 spiro atoms. The smallest absolute Gasteiger partial charge is 0.133 e. The molecule has 0 amide bonds. The molecule has 35 heavy (non-hydrogen) atoms. The van der Waals surface area contributed by atoms with Crippen LogP contribution in [-0.4, -0.2) is 23.3 Å². The second-order valence-electron chi connectivity index (χ2n) is 8.71. The fraction of sp³-hybridized carbons (Fsp3) is 0.192. The van der Waals surface area contributed by atoms with E-state index in [0.29, 0.717) is 49.4 Å². The predicted molar refractivity (Wildman–Crippen MR) is 137 cm³/mol. The number of hydrogen-bond donors (Lipinski definition) is 1. The zero-order valence-electron chi connectivity index (χ0n) is 19.5. The summed E-state index contributed by atoms with van der Waals surface area (Å²) >= 11 is 6.60. The first-order valence-corrected chi connectivity index (χ1v) is 13.7. The molecule has 0 aliphatic heterocycles. The second-order valence-corrected chi connectivity index (χ2v) is 12.2. The third-order valence-corrected chi connectivity index (χ3v) is 7.57. The van der Waals surface area contributed by atoms with Crippen LogP contribution < -0.4 is 10.8 Å². The number of benzene rings is 2. The molecule has 9 heteroatoms. The van der Waals surface area contributed by atoms with Gasteiger partial charge in [0.05, 0.1) is 45.0 Å². The van der Waals surface area contributed by atoms with Crippen LogP contribution in [0.2, 0.25) is 5.02 Å². The lowest BCUT2D eigenvalue weighted by Gasteiger charge is -2.20. The van der Waals surface area contributed by atoms with Crippen LogP contribution in [0.3, 0.4) is 0 Å². The number of aryl methyl sites for hydroxylation is 1. The largest absolute Gasteiger partial charge is 0.377 e. The predicted octanol–water partition coefficient (Wildman–Crippen LogP) is 6.83. The Bertz CT molecular complexity index is 1540. The summed E-state index contributed by atoms with van der Waals surface area (Å²) in [6, 6.07) is 11.8. The van der Waals surface area contributed by atoms with E-state index in [4.69, 9.17) is 11.6 Å². The van der Waals surface area contributed by atoms with Crippen molar-refractivity contribution in [2.75, 3.05) is 18.6 Å². The molecule has 2 aromatic heterocycles. The van der Waals surface area contributed by atoms with Crippen molar-refractivity contribution < 1.29 is 13.3 Å². The molecule has 0 aliphatic rings. The molecular formula is C26H22ClF2N4OP. The number of fused-ring (bicyclic) bond motifs is 1. The van der Waals surface area contributed by atoms with E-state index in [9.17, 15) is 14.2 Å². The van der Waals surface area contributed by atoms with Gasteiger partial charge in [0, 0.05) is 34.3 Å². The highest BCUT2D eigenvalue weighted by Crippen LogP contribution is 2.39. The van der Waals surface area contributed by atoms with Crippen LogP contribution in [0.1, 0.15) is 29.8 Å². The molecule has 2 aromatic carbocycles. The van der Waals surface area contributed by atoms with Gasteiger partial charge in [-0.2, -0.15) is 5.26 Å². The van der Waals surface area contributed by atoms with Crippen molar-refractivity contribution in [2.45, 2.75) is 19.9 Å². The number of anilines is 1. The second kappa shape index (κ2) is 9.37. The topological polar surface area (TPSA) is 78.7 Å². The maximum absolute atomic E-state index is 15.1. The molecule has 0 saturated heterocycles. The summed E-state index contributed by atoms with van der Waals surface area (Å²) in [5.74, 6) is -0.957. The summed E-state index contributed by atoms with van der Waals surface area (Å²) in [7, 11) is -2.55. The summed E-state index contributed by atoms with van der Waals surface area (Å²) in [5, 5.41) is 13.3. The van der Waals surface area contributed by atoms with Crippen LogP contribution in [-0.2, 0) is 4.57 Å². The quantitative estimate of drug-likeness (QED) is 0.298. The van der Waals surface area contributed by atoms with Gasteiger partial charge in [-0.25, -0.2) is 8.78 Å². The summed E-state index contributed by atoms with van der Waals surface area (Å²) in [5.41, 5.74) is 3.21. The average molecular weight is 511 g/mol. The first-order chi connectivity index (χ1) is 16.5. The number of pyridine rings is 2. The van der Waals surface area contributed by atoms with Gasteiger partial charge in [-0.15, -0.1) is 0 Å². The summed E-state index contributed by atoms with van der Waals surface area (Å²) in [6.07, 6.45) is 1.49. The Labute approximate surface area is 207 Å². The fourth-order valence-electron chi connectivity index (χ4n) is 3.85. The molecule has 0 aliphatic carbocycles. The molecule has 1 N–H and O–H groups in total. The van der Waals surface area contributed by atoms with Gasteiger partial charge >= 0.3 is 0 Å². The Morgan fingerprint density at radius 3 is 2.49 bits per heavy atom. The van der Waals surface area contributed by atoms with Crippen molar-refractivity contribution in [1.82, 2.24) is 9.97 Å². The van der Waals surface area contributed by atoms with Crippen molar-refractivity contribution in [2.24, 2.45) is 0 Å².